The van der Waals surface area contributed by atoms with Crippen molar-refractivity contribution < 1.29 is 38.7 Å². The molecule has 4 rings (SSSR count). The molecule has 0 amide bonds. The van der Waals surface area contributed by atoms with Crippen LogP contribution in [0.4, 0.5) is 0 Å². The number of nitrogens with two attached hydrogens (primary N) is 1. The molecule has 8 unspecified atom stereocenters. The number of esters is 2. The van der Waals surface area contributed by atoms with Gasteiger partial charge in [-0.15, -0.1) is 0 Å². The molecule has 3 aliphatic rings. The maximum Gasteiger partial charge on any atom is 0.302 e. The van der Waals surface area contributed by atoms with Gasteiger partial charge in [-0.05, 0) is 122 Å². The Labute approximate surface area is 286 Å². The predicted octanol–water partition coefficient (Wildman–Crippen LogP) is 5.49. The van der Waals surface area contributed by atoms with E-state index in [0.717, 1.165) is 48.8 Å². The van der Waals surface area contributed by atoms with Gasteiger partial charge >= 0.3 is 11.9 Å². The monoisotopic (exact) mass is 670 g/mol. The molecule has 1 aromatic carbocycles. The van der Waals surface area contributed by atoms with Crippen LogP contribution < -0.4 is 15.8 Å². The molecule has 0 spiro atoms. The van der Waals surface area contributed by atoms with Crippen molar-refractivity contribution in [2.75, 3.05) is 27.4 Å². The van der Waals surface area contributed by atoms with Gasteiger partial charge < -0.3 is 40.2 Å². The normalized spacial score (nSPS) is 27.0. The summed E-state index contributed by atoms with van der Waals surface area (Å²) >= 11 is 0. The second kappa shape index (κ2) is 17.4. The first-order chi connectivity index (χ1) is 22.9. The van der Waals surface area contributed by atoms with Gasteiger partial charge in [0.1, 0.15) is 12.2 Å². The van der Waals surface area contributed by atoms with E-state index in [-0.39, 0.29) is 23.6 Å². The number of aliphatic hydroxyl groups is 1. The van der Waals surface area contributed by atoms with Crippen LogP contribution in [0.5, 0.6) is 11.5 Å². The molecule has 1 aliphatic heterocycles. The van der Waals surface area contributed by atoms with Gasteiger partial charge in [0.15, 0.2) is 11.5 Å². The molecule has 2 aliphatic carbocycles. The van der Waals surface area contributed by atoms with Crippen molar-refractivity contribution >= 4 is 17.5 Å². The number of rotatable bonds is 14. The van der Waals surface area contributed by atoms with Crippen LogP contribution in [0.3, 0.4) is 0 Å². The van der Waals surface area contributed by atoms with Gasteiger partial charge in [-0.1, -0.05) is 19.9 Å². The van der Waals surface area contributed by atoms with E-state index in [9.17, 15) is 19.8 Å². The van der Waals surface area contributed by atoms with Crippen LogP contribution in [0.1, 0.15) is 90.2 Å². The summed E-state index contributed by atoms with van der Waals surface area (Å²) in [5, 5.41) is 25.4. The molecule has 1 heterocycles. The van der Waals surface area contributed by atoms with E-state index >= 15 is 0 Å². The third-order valence-corrected chi connectivity index (χ3v) is 10.9. The number of dihydropyridines is 1. The zero-order valence-electron chi connectivity index (χ0n) is 29.7. The first kappa shape index (κ1) is 37.6. The molecule has 48 heavy (non-hydrogen) atoms. The van der Waals surface area contributed by atoms with Crippen LogP contribution >= 0.6 is 0 Å². The van der Waals surface area contributed by atoms with Crippen molar-refractivity contribution in [3.05, 3.63) is 41.2 Å². The second-order valence-corrected chi connectivity index (χ2v) is 14.5. The minimum atomic E-state index is -0.547. The first-order valence-corrected chi connectivity index (χ1v) is 17.7. The minimum absolute atomic E-state index is 0.0189. The standard InChI is InChI=1S/C38H58N2O8/c1-22(2)31-10-8-25-15-28(31)16-29(17-34(43)32(25)12-14-45-5)36(48-24(4)42)20-30(47-23(3)41)9-7-26-18-37(46-6)35(44)21-33(26)27-11-13-40-38(39)19-27/h11,18-19,21-22,25,28-32,34,36,40,43-44H,7-10,12-17,20,39H2,1-6H3. The highest BCUT2D eigenvalue weighted by Crippen LogP contribution is 2.49. The van der Waals surface area contributed by atoms with Crippen molar-refractivity contribution in [1.29, 1.82) is 0 Å². The number of carbonyl (C=O) groups is 2. The van der Waals surface area contributed by atoms with Gasteiger partial charge in [0.25, 0.3) is 0 Å². The van der Waals surface area contributed by atoms with E-state index in [1.807, 2.05) is 18.2 Å². The summed E-state index contributed by atoms with van der Waals surface area (Å²) in [6.45, 7) is 8.57. The molecule has 0 saturated heterocycles. The number of aliphatic hydroxyl groups excluding tert-OH is 1. The Morgan fingerprint density at radius 3 is 2.44 bits per heavy atom. The zero-order valence-corrected chi connectivity index (χ0v) is 29.7. The van der Waals surface area contributed by atoms with Crippen molar-refractivity contribution in [1.82, 2.24) is 5.32 Å². The fraction of sp³-hybridized carbons (Fsp3) is 0.684. The number of aryl methyl sites for hydroxylation is 1. The lowest BCUT2D eigenvalue weighted by molar-refractivity contribution is -0.158. The number of hydrogen-bond donors (Lipinski definition) is 4. The number of hydrogen-bond acceptors (Lipinski definition) is 10. The maximum atomic E-state index is 12.6. The van der Waals surface area contributed by atoms with Gasteiger partial charge in [0, 0.05) is 40.5 Å². The molecule has 8 atom stereocenters. The van der Waals surface area contributed by atoms with E-state index in [4.69, 9.17) is 24.7 Å². The summed E-state index contributed by atoms with van der Waals surface area (Å²) in [6, 6.07) is 3.49. The Hall–Kier alpha value is -3.24. The minimum Gasteiger partial charge on any atom is -0.504 e. The molecule has 268 valence electrons. The van der Waals surface area contributed by atoms with Gasteiger partial charge in [-0.3, -0.25) is 9.59 Å². The fourth-order valence-corrected chi connectivity index (χ4v) is 8.71. The lowest BCUT2D eigenvalue weighted by atomic mass is 9.60. The predicted molar refractivity (Wildman–Crippen MR) is 185 cm³/mol. The Morgan fingerprint density at radius 1 is 1.04 bits per heavy atom. The number of ether oxygens (including phenoxy) is 4. The van der Waals surface area contributed by atoms with Gasteiger partial charge in [-0.25, -0.2) is 0 Å². The van der Waals surface area contributed by atoms with Crippen LogP contribution in [0.2, 0.25) is 0 Å². The Kier molecular flexibility index (Phi) is 13.6. The van der Waals surface area contributed by atoms with Crippen LogP contribution in [-0.4, -0.2) is 67.8 Å². The molecule has 0 aromatic heterocycles. The van der Waals surface area contributed by atoms with Crippen LogP contribution in [0.15, 0.2) is 30.1 Å². The SMILES string of the molecule is COCCC1C(O)CC(C(CC(CCc2cc(OC)c(O)cc2C2=CCNC(N)=C2)OC(C)=O)OC(C)=O)CC2CC1CCC2C(C)C. The zero-order chi connectivity index (χ0) is 35.0. The number of benzene rings is 1. The summed E-state index contributed by atoms with van der Waals surface area (Å²) in [4.78, 5) is 25.0. The molecule has 2 bridgehead atoms. The molecular weight excluding hydrogens is 612 g/mol. The molecule has 1 aromatic rings. The largest absolute Gasteiger partial charge is 0.504 e. The number of carbonyl (C=O) groups excluding carboxylic acids is 2. The van der Waals surface area contributed by atoms with Crippen molar-refractivity contribution in [3.8, 4) is 11.5 Å². The number of phenolic OH excluding ortho intramolecular Hbond substituents is 1. The number of fused-ring (bicyclic) bond motifs is 2. The number of allylic oxidation sites excluding steroid dienone is 2. The van der Waals surface area contributed by atoms with E-state index < -0.39 is 24.3 Å². The summed E-state index contributed by atoms with van der Waals surface area (Å²) in [7, 11) is 3.21. The topological polar surface area (TPSA) is 150 Å². The summed E-state index contributed by atoms with van der Waals surface area (Å²) in [6.07, 6.45) is 8.98. The highest BCUT2D eigenvalue weighted by Gasteiger charge is 2.44. The average molecular weight is 671 g/mol. The number of nitrogens with one attached hydrogen (secondary N) is 1. The molecule has 10 heteroatoms. The van der Waals surface area contributed by atoms with Crippen LogP contribution in [0, 0.1) is 35.5 Å². The first-order valence-electron chi connectivity index (χ1n) is 17.7. The van der Waals surface area contributed by atoms with Gasteiger partial charge in [0.05, 0.1) is 19.0 Å². The lowest BCUT2D eigenvalue weighted by Crippen LogP contribution is -2.44. The summed E-state index contributed by atoms with van der Waals surface area (Å²) < 4.78 is 22.9. The third kappa shape index (κ3) is 9.91. The molecule has 2 fully saturated rings. The summed E-state index contributed by atoms with van der Waals surface area (Å²) in [5.74, 6) is 2.16. The Bertz CT molecular complexity index is 1310. The second-order valence-electron chi connectivity index (χ2n) is 14.5. The van der Waals surface area contributed by atoms with E-state index in [1.54, 1.807) is 13.2 Å². The van der Waals surface area contributed by atoms with Crippen molar-refractivity contribution in [2.45, 2.75) is 104 Å². The Morgan fingerprint density at radius 2 is 1.79 bits per heavy atom. The average Bonchev–Trinajstić information content (AvgIpc) is 3.02. The smallest absolute Gasteiger partial charge is 0.302 e. The molecular formula is C38H58N2O8. The maximum absolute atomic E-state index is 12.6. The number of aromatic hydroxyl groups is 1. The summed E-state index contributed by atoms with van der Waals surface area (Å²) in [5.41, 5.74) is 8.65. The number of phenols is 1. The lowest BCUT2D eigenvalue weighted by Gasteiger charge is -2.47. The third-order valence-electron chi connectivity index (χ3n) is 10.9. The Balaban J connectivity index is 1.62. The molecule has 10 nitrogen and oxygen atoms in total. The van der Waals surface area contributed by atoms with Gasteiger partial charge in [0.2, 0.25) is 0 Å². The van der Waals surface area contributed by atoms with E-state index in [2.05, 4.69) is 19.2 Å². The van der Waals surface area contributed by atoms with Gasteiger partial charge in [-0.2, -0.15) is 0 Å². The molecule has 2 saturated carbocycles. The molecule has 5 N–H and O–H groups in total. The molecule has 0 radical (unpaired) electrons. The van der Waals surface area contributed by atoms with E-state index in [1.165, 1.54) is 21.0 Å². The van der Waals surface area contributed by atoms with E-state index in [0.29, 0.717) is 74.1 Å². The number of methoxy groups -OCH3 is 2. The van der Waals surface area contributed by atoms with Crippen LogP contribution in [0.25, 0.3) is 5.57 Å². The van der Waals surface area contributed by atoms with Crippen molar-refractivity contribution in [3.63, 3.8) is 0 Å². The fourth-order valence-electron chi connectivity index (χ4n) is 8.71. The quantitative estimate of drug-likeness (QED) is 0.187. The van der Waals surface area contributed by atoms with Crippen molar-refractivity contribution in [2.24, 2.45) is 41.2 Å². The highest BCUT2D eigenvalue weighted by molar-refractivity contribution is 5.79. The van der Waals surface area contributed by atoms with Crippen LogP contribution in [-0.2, 0) is 30.2 Å². The highest BCUT2D eigenvalue weighted by atomic mass is 16.6.